The number of nitrogens with one attached hydrogen (secondary N) is 2. The van der Waals surface area contributed by atoms with E-state index in [1.54, 1.807) is 48.0 Å². The molecule has 0 aliphatic rings. The summed E-state index contributed by atoms with van der Waals surface area (Å²) >= 11 is -0.0885. The molecule has 2 heterocycles. The van der Waals surface area contributed by atoms with E-state index in [4.69, 9.17) is 4.18 Å². The van der Waals surface area contributed by atoms with Crippen molar-refractivity contribution in [2.45, 2.75) is 6.61 Å². The van der Waals surface area contributed by atoms with E-state index in [2.05, 4.69) is 20.3 Å². The van der Waals surface area contributed by atoms with Gasteiger partial charge in [-0.2, -0.15) is 0 Å². The second-order valence-electron chi connectivity index (χ2n) is 6.76. The number of carbonyl (C=O) groups excluding carboxylic acids is 1. The van der Waals surface area contributed by atoms with E-state index in [9.17, 15) is 19.1 Å². The molecular formula is C21H17N5O5S2. The number of anilines is 1. The minimum absolute atomic E-state index is 0.0434. The predicted molar refractivity (Wildman–Crippen MR) is 125 cm³/mol. The molecule has 12 heteroatoms. The standard InChI is InChI=1S/C21H17N5O5S2/c1-33(30)31-12-13-2-4-14(5-3-13)17-18(20(27)25-21-22-10-11-32-21)24-19(23-17)15-6-8-16(9-7-15)26(28)29/h2-11H,12H2,1H3,(H,23,24)(H,22,25,27). The van der Waals surface area contributed by atoms with Crippen molar-refractivity contribution in [3.05, 3.63) is 81.5 Å². The van der Waals surface area contributed by atoms with Crippen LogP contribution >= 0.6 is 11.3 Å². The molecule has 2 N–H and O–H groups in total. The quantitative estimate of drug-likeness (QED) is 0.283. The lowest BCUT2D eigenvalue weighted by Gasteiger charge is -2.05. The Kier molecular flexibility index (Phi) is 6.68. The largest absolute Gasteiger partial charge is 0.333 e. The van der Waals surface area contributed by atoms with Gasteiger partial charge in [0, 0.05) is 41.1 Å². The van der Waals surface area contributed by atoms with Crippen LogP contribution in [-0.4, -0.2) is 36.2 Å². The summed E-state index contributed by atoms with van der Waals surface area (Å²) in [6.07, 6.45) is 3.03. The number of aromatic nitrogens is 3. The van der Waals surface area contributed by atoms with Crippen molar-refractivity contribution in [1.82, 2.24) is 15.0 Å². The minimum atomic E-state index is -1.37. The van der Waals surface area contributed by atoms with Gasteiger partial charge in [0.15, 0.2) is 16.2 Å². The first kappa shape index (κ1) is 22.5. The van der Waals surface area contributed by atoms with E-state index in [1.807, 2.05) is 0 Å². The number of imidazole rings is 1. The lowest BCUT2D eigenvalue weighted by molar-refractivity contribution is -0.384. The summed E-state index contributed by atoms with van der Waals surface area (Å²) in [5.41, 5.74) is 2.66. The van der Waals surface area contributed by atoms with Crippen LogP contribution in [-0.2, 0) is 21.9 Å². The summed E-state index contributed by atoms with van der Waals surface area (Å²) in [6, 6.07) is 13.0. The summed E-state index contributed by atoms with van der Waals surface area (Å²) in [6.45, 7) is 0.190. The zero-order valence-corrected chi connectivity index (χ0v) is 18.8. The van der Waals surface area contributed by atoms with Crippen molar-refractivity contribution >= 4 is 39.1 Å². The monoisotopic (exact) mass is 483 g/mol. The Hall–Kier alpha value is -3.74. The molecular weight excluding hydrogens is 466 g/mol. The molecule has 1 atom stereocenters. The van der Waals surface area contributed by atoms with Crippen LogP contribution in [0.5, 0.6) is 0 Å². The van der Waals surface area contributed by atoms with Gasteiger partial charge in [0.25, 0.3) is 11.6 Å². The number of thiazole rings is 1. The molecule has 0 spiro atoms. The van der Waals surface area contributed by atoms with Gasteiger partial charge in [0.2, 0.25) is 0 Å². The van der Waals surface area contributed by atoms with Gasteiger partial charge < -0.3 is 4.98 Å². The van der Waals surface area contributed by atoms with Crippen LogP contribution in [0.4, 0.5) is 10.8 Å². The van der Waals surface area contributed by atoms with Crippen molar-refractivity contribution in [2.24, 2.45) is 0 Å². The molecule has 33 heavy (non-hydrogen) atoms. The number of non-ortho nitro benzene ring substituents is 1. The molecule has 0 saturated carbocycles. The molecule has 4 aromatic rings. The van der Waals surface area contributed by atoms with E-state index in [1.165, 1.54) is 29.7 Å². The van der Waals surface area contributed by atoms with E-state index in [0.29, 0.717) is 27.8 Å². The lowest BCUT2D eigenvalue weighted by atomic mass is 10.1. The Balaban J connectivity index is 1.69. The Morgan fingerprint density at radius 3 is 2.48 bits per heavy atom. The molecule has 0 radical (unpaired) electrons. The molecule has 2 aromatic carbocycles. The van der Waals surface area contributed by atoms with Crippen LogP contribution in [0.1, 0.15) is 16.1 Å². The third-order valence-electron chi connectivity index (χ3n) is 4.55. The summed E-state index contributed by atoms with van der Waals surface area (Å²) < 4.78 is 16.3. The molecule has 0 fully saturated rings. The van der Waals surface area contributed by atoms with Crippen molar-refractivity contribution in [3.8, 4) is 22.6 Å². The molecule has 1 unspecified atom stereocenters. The second kappa shape index (κ2) is 9.81. The Bertz CT molecular complexity index is 1300. The number of nitro groups is 1. The maximum absolute atomic E-state index is 13.0. The number of benzene rings is 2. The fourth-order valence-corrected chi connectivity index (χ4v) is 3.80. The molecule has 168 valence electrons. The van der Waals surface area contributed by atoms with Crippen LogP contribution in [0, 0.1) is 10.1 Å². The number of nitro benzene ring substituents is 1. The highest BCUT2D eigenvalue weighted by Gasteiger charge is 2.21. The number of carbonyl (C=O) groups is 1. The minimum Gasteiger partial charge on any atom is -0.333 e. The highest BCUT2D eigenvalue weighted by atomic mass is 32.2. The summed E-state index contributed by atoms with van der Waals surface area (Å²) in [5.74, 6) is -0.0348. The Labute approximate surface area is 194 Å². The molecule has 2 aromatic heterocycles. The van der Waals surface area contributed by atoms with Crippen LogP contribution in [0.25, 0.3) is 22.6 Å². The highest BCUT2D eigenvalue weighted by Crippen LogP contribution is 2.28. The van der Waals surface area contributed by atoms with Crippen LogP contribution in [0.3, 0.4) is 0 Å². The number of rotatable bonds is 8. The zero-order chi connectivity index (χ0) is 23.4. The summed E-state index contributed by atoms with van der Waals surface area (Å²) in [7, 11) is 0. The number of hydrogen-bond acceptors (Lipinski definition) is 8. The second-order valence-corrected chi connectivity index (χ2v) is 8.70. The molecule has 4 rings (SSSR count). The molecule has 0 aliphatic heterocycles. The van der Waals surface area contributed by atoms with Gasteiger partial charge >= 0.3 is 0 Å². The smallest absolute Gasteiger partial charge is 0.276 e. The number of H-pyrrole nitrogens is 1. The van der Waals surface area contributed by atoms with Gasteiger partial charge in [0.1, 0.15) is 17.2 Å². The van der Waals surface area contributed by atoms with Gasteiger partial charge in [-0.05, 0) is 17.7 Å². The first-order valence-corrected chi connectivity index (χ1v) is 11.9. The van der Waals surface area contributed by atoms with E-state index in [0.717, 1.165) is 5.56 Å². The van der Waals surface area contributed by atoms with E-state index < -0.39 is 21.9 Å². The molecule has 10 nitrogen and oxygen atoms in total. The third kappa shape index (κ3) is 5.37. The molecule has 0 saturated heterocycles. The number of hydrogen-bond donors (Lipinski definition) is 2. The number of aromatic amines is 1. The van der Waals surface area contributed by atoms with Gasteiger partial charge in [-0.25, -0.2) is 14.2 Å². The van der Waals surface area contributed by atoms with Gasteiger partial charge in [0.05, 0.1) is 11.5 Å². The van der Waals surface area contributed by atoms with Gasteiger partial charge in [-0.3, -0.25) is 24.4 Å². The third-order valence-corrected chi connectivity index (χ3v) is 5.69. The van der Waals surface area contributed by atoms with Crippen molar-refractivity contribution in [3.63, 3.8) is 0 Å². The Morgan fingerprint density at radius 2 is 1.88 bits per heavy atom. The summed E-state index contributed by atoms with van der Waals surface area (Å²) in [4.78, 5) is 35.1. The maximum Gasteiger partial charge on any atom is 0.276 e. The van der Waals surface area contributed by atoms with Crippen molar-refractivity contribution < 1.29 is 18.1 Å². The molecule has 0 aliphatic carbocycles. The predicted octanol–water partition coefficient (Wildman–Crippen LogP) is 4.17. The first-order chi connectivity index (χ1) is 15.9. The van der Waals surface area contributed by atoms with E-state index in [-0.39, 0.29) is 18.0 Å². The Morgan fingerprint density at radius 1 is 1.18 bits per heavy atom. The first-order valence-electron chi connectivity index (χ1n) is 9.52. The van der Waals surface area contributed by atoms with E-state index >= 15 is 0 Å². The molecule has 0 bridgehead atoms. The zero-order valence-electron chi connectivity index (χ0n) is 17.2. The fourth-order valence-electron chi connectivity index (χ4n) is 2.98. The van der Waals surface area contributed by atoms with Crippen LogP contribution < -0.4 is 5.32 Å². The molecule has 1 amide bonds. The number of nitrogens with zero attached hydrogens (tertiary/aromatic N) is 3. The van der Waals surface area contributed by atoms with Crippen molar-refractivity contribution in [2.75, 3.05) is 11.6 Å². The average Bonchev–Trinajstić information content (AvgIpc) is 3.48. The lowest BCUT2D eigenvalue weighted by Crippen LogP contribution is -2.13. The van der Waals surface area contributed by atoms with Crippen LogP contribution in [0.15, 0.2) is 60.1 Å². The van der Waals surface area contributed by atoms with Crippen LogP contribution in [0.2, 0.25) is 0 Å². The fraction of sp³-hybridized carbons (Fsp3) is 0.0952. The SMILES string of the molecule is CS(=O)OCc1ccc(-c2nc(-c3ccc([N+](=O)[O-])cc3)[nH]c2C(=O)Nc2nccs2)cc1. The highest BCUT2D eigenvalue weighted by molar-refractivity contribution is 7.79. The normalized spacial score (nSPS) is 11.8. The topological polar surface area (TPSA) is 140 Å². The number of amides is 1. The van der Waals surface area contributed by atoms with Gasteiger partial charge in [-0.1, -0.05) is 24.3 Å². The maximum atomic E-state index is 13.0. The average molecular weight is 484 g/mol. The summed E-state index contributed by atoms with van der Waals surface area (Å²) in [5, 5.41) is 15.9. The van der Waals surface area contributed by atoms with Crippen molar-refractivity contribution in [1.29, 1.82) is 0 Å². The van der Waals surface area contributed by atoms with Gasteiger partial charge in [-0.15, -0.1) is 11.3 Å².